The molecule has 2 atom stereocenters. The van der Waals surface area contributed by atoms with Crippen molar-refractivity contribution >= 4 is 22.6 Å². The first kappa shape index (κ1) is 23.2. The number of nitrogens with one attached hydrogen (secondary N) is 2. The van der Waals surface area contributed by atoms with E-state index in [9.17, 15) is 9.18 Å². The van der Waals surface area contributed by atoms with Crippen molar-refractivity contribution in [2.45, 2.75) is 26.7 Å². The Kier molecular flexibility index (Phi) is 6.72. The monoisotopic (exact) mass is 459 g/mol. The van der Waals surface area contributed by atoms with E-state index in [0.29, 0.717) is 23.3 Å². The number of carbonyl (C=O) groups is 1. The summed E-state index contributed by atoms with van der Waals surface area (Å²) in [5.41, 5.74) is 4.06. The molecule has 0 saturated heterocycles. The van der Waals surface area contributed by atoms with Gasteiger partial charge in [-0.15, -0.1) is 0 Å². The number of aromatic nitrogens is 5. The molecule has 34 heavy (non-hydrogen) atoms. The van der Waals surface area contributed by atoms with E-state index in [1.165, 1.54) is 13.4 Å². The van der Waals surface area contributed by atoms with Gasteiger partial charge in [-0.05, 0) is 30.4 Å². The molecule has 0 bridgehead atoms. The van der Waals surface area contributed by atoms with Gasteiger partial charge in [-0.25, -0.2) is 14.4 Å². The highest BCUT2D eigenvalue weighted by Gasteiger charge is 2.21. The minimum absolute atomic E-state index is 0.0154. The van der Waals surface area contributed by atoms with E-state index < -0.39 is 11.7 Å². The molecule has 2 N–H and O–H groups in total. The lowest BCUT2D eigenvalue weighted by molar-refractivity contribution is 0.0960. The second kappa shape index (κ2) is 9.86. The Balaban J connectivity index is 1.54. The number of anilines is 1. The number of rotatable bonds is 7. The third kappa shape index (κ3) is 4.68. The molecule has 3 aromatic heterocycles. The molecular weight excluding hydrogens is 433 g/mol. The van der Waals surface area contributed by atoms with Gasteiger partial charge in [-0.2, -0.15) is 10.2 Å². The van der Waals surface area contributed by atoms with Crippen molar-refractivity contribution in [2.24, 2.45) is 5.92 Å². The fourth-order valence-electron chi connectivity index (χ4n) is 3.92. The van der Waals surface area contributed by atoms with Crippen LogP contribution in [0.15, 0.2) is 49.1 Å². The SMILES string of the molecule is CNC(=O)c1c(F)cnc2c([C@H](C)C(C)CNc3cc(-c4cnnc(C)c4)ncn3)cccc12. The van der Waals surface area contributed by atoms with E-state index >= 15 is 0 Å². The Hall–Kier alpha value is -4.01. The van der Waals surface area contributed by atoms with Gasteiger partial charge in [0.25, 0.3) is 5.91 Å². The Morgan fingerprint density at radius 1 is 1.12 bits per heavy atom. The predicted molar refractivity (Wildman–Crippen MR) is 129 cm³/mol. The number of para-hydroxylation sites is 1. The topological polar surface area (TPSA) is 106 Å². The molecule has 174 valence electrons. The third-order valence-electron chi connectivity index (χ3n) is 6.03. The number of hydrogen-bond acceptors (Lipinski definition) is 7. The quantitative estimate of drug-likeness (QED) is 0.428. The van der Waals surface area contributed by atoms with Crippen molar-refractivity contribution < 1.29 is 9.18 Å². The molecule has 4 rings (SSSR count). The molecule has 3 heterocycles. The first-order valence-corrected chi connectivity index (χ1v) is 11.0. The summed E-state index contributed by atoms with van der Waals surface area (Å²) in [7, 11) is 1.49. The van der Waals surface area contributed by atoms with Crippen molar-refractivity contribution in [1.82, 2.24) is 30.5 Å². The predicted octanol–water partition coefficient (Wildman–Crippen LogP) is 4.14. The minimum atomic E-state index is -0.634. The average molecular weight is 460 g/mol. The molecule has 9 heteroatoms. The number of nitrogens with zero attached hydrogens (tertiary/aromatic N) is 5. The summed E-state index contributed by atoms with van der Waals surface area (Å²) in [5.74, 6) is -0.128. The normalized spacial score (nSPS) is 12.9. The van der Waals surface area contributed by atoms with Crippen molar-refractivity contribution in [3.05, 3.63) is 71.7 Å². The first-order chi connectivity index (χ1) is 16.4. The molecule has 0 aliphatic rings. The van der Waals surface area contributed by atoms with Gasteiger partial charge in [0, 0.05) is 30.6 Å². The Labute approximate surface area is 197 Å². The number of halogens is 1. The van der Waals surface area contributed by atoms with E-state index in [4.69, 9.17) is 0 Å². The van der Waals surface area contributed by atoms with Crippen LogP contribution >= 0.6 is 0 Å². The zero-order valence-electron chi connectivity index (χ0n) is 19.5. The molecule has 1 aromatic carbocycles. The summed E-state index contributed by atoms with van der Waals surface area (Å²) in [6.45, 7) is 6.75. The summed E-state index contributed by atoms with van der Waals surface area (Å²) in [6, 6.07) is 9.35. The van der Waals surface area contributed by atoms with Crippen LogP contribution in [0.4, 0.5) is 10.2 Å². The number of pyridine rings is 1. The summed E-state index contributed by atoms with van der Waals surface area (Å²) in [4.78, 5) is 25.3. The number of benzene rings is 1. The third-order valence-corrected chi connectivity index (χ3v) is 6.03. The summed E-state index contributed by atoms with van der Waals surface area (Å²) in [6.07, 6.45) is 4.31. The van der Waals surface area contributed by atoms with Crippen molar-refractivity contribution in [3.8, 4) is 11.3 Å². The van der Waals surface area contributed by atoms with Crippen LogP contribution in [-0.2, 0) is 0 Å². The van der Waals surface area contributed by atoms with Crippen molar-refractivity contribution in [3.63, 3.8) is 0 Å². The standard InChI is InChI=1S/C25H26FN7O/c1-14(10-28-22-9-21(30-13-31-22)17-8-15(2)33-32-11-17)16(3)18-6-5-7-19-23(25(34)27-4)20(26)12-29-24(18)19/h5-9,11-14,16H,10H2,1-4H3,(H,27,34)(H,28,30,31)/t14?,16-/m1/s1. The highest BCUT2D eigenvalue weighted by Crippen LogP contribution is 2.32. The maximum absolute atomic E-state index is 14.4. The number of carbonyl (C=O) groups excluding carboxylic acids is 1. The lowest BCUT2D eigenvalue weighted by atomic mass is 9.87. The molecule has 0 radical (unpaired) electrons. The lowest BCUT2D eigenvalue weighted by Crippen LogP contribution is -2.21. The van der Waals surface area contributed by atoms with Gasteiger partial charge in [-0.1, -0.05) is 32.0 Å². The Bertz CT molecular complexity index is 1340. The molecule has 8 nitrogen and oxygen atoms in total. The van der Waals surface area contributed by atoms with E-state index in [1.807, 2.05) is 31.2 Å². The maximum Gasteiger partial charge on any atom is 0.254 e. The smallest absolute Gasteiger partial charge is 0.254 e. The van der Waals surface area contributed by atoms with Crippen LogP contribution in [0, 0.1) is 18.7 Å². The average Bonchev–Trinajstić information content (AvgIpc) is 2.86. The van der Waals surface area contributed by atoms with Gasteiger partial charge >= 0.3 is 0 Å². The molecule has 0 aliphatic carbocycles. The molecule has 0 spiro atoms. The zero-order valence-corrected chi connectivity index (χ0v) is 19.5. The Morgan fingerprint density at radius 3 is 2.71 bits per heavy atom. The highest BCUT2D eigenvalue weighted by molar-refractivity contribution is 6.06. The number of hydrogen-bond donors (Lipinski definition) is 2. The fourth-order valence-corrected chi connectivity index (χ4v) is 3.92. The summed E-state index contributed by atoms with van der Waals surface area (Å²) >= 11 is 0. The number of amides is 1. The van der Waals surface area contributed by atoms with Crippen LogP contribution in [0.25, 0.3) is 22.2 Å². The highest BCUT2D eigenvalue weighted by atomic mass is 19.1. The molecule has 4 aromatic rings. The molecule has 0 aliphatic heterocycles. The summed E-state index contributed by atoms with van der Waals surface area (Å²) in [5, 5.41) is 14.4. The second-order valence-electron chi connectivity index (χ2n) is 8.32. The molecule has 1 unspecified atom stereocenters. The van der Waals surface area contributed by atoms with E-state index in [2.05, 4.69) is 49.6 Å². The molecular formula is C25H26FN7O. The van der Waals surface area contributed by atoms with Gasteiger partial charge < -0.3 is 10.6 Å². The van der Waals surface area contributed by atoms with Crippen molar-refractivity contribution in [2.75, 3.05) is 18.9 Å². The van der Waals surface area contributed by atoms with Gasteiger partial charge in [0.2, 0.25) is 0 Å². The van der Waals surface area contributed by atoms with E-state index in [-0.39, 0.29) is 17.4 Å². The van der Waals surface area contributed by atoms with Gasteiger partial charge in [0.1, 0.15) is 12.1 Å². The van der Waals surface area contributed by atoms with Crippen LogP contribution in [0.1, 0.15) is 41.4 Å². The number of fused-ring (bicyclic) bond motifs is 1. The first-order valence-electron chi connectivity index (χ1n) is 11.0. The summed E-state index contributed by atoms with van der Waals surface area (Å²) < 4.78 is 14.4. The van der Waals surface area contributed by atoms with Gasteiger partial charge in [0.05, 0.1) is 34.9 Å². The molecule has 0 fully saturated rings. The molecule has 1 amide bonds. The largest absolute Gasteiger partial charge is 0.370 e. The van der Waals surface area contributed by atoms with Crippen molar-refractivity contribution in [1.29, 1.82) is 0 Å². The van der Waals surface area contributed by atoms with Crippen LogP contribution in [0.5, 0.6) is 0 Å². The van der Waals surface area contributed by atoms with Gasteiger partial charge in [0.15, 0.2) is 5.82 Å². The molecule has 0 saturated carbocycles. The fraction of sp³-hybridized carbons (Fsp3) is 0.280. The van der Waals surface area contributed by atoms with Crippen LogP contribution in [-0.4, -0.2) is 44.6 Å². The minimum Gasteiger partial charge on any atom is -0.370 e. The lowest BCUT2D eigenvalue weighted by Gasteiger charge is -2.22. The van der Waals surface area contributed by atoms with E-state index in [0.717, 1.165) is 28.7 Å². The van der Waals surface area contributed by atoms with Crippen LogP contribution in [0.2, 0.25) is 0 Å². The maximum atomic E-state index is 14.4. The number of aryl methyl sites for hydroxylation is 1. The van der Waals surface area contributed by atoms with E-state index in [1.54, 1.807) is 12.3 Å². The van der Waals surface area contributed by atoms with Crippen LogP contribution < -0.4 is 10.6 Å². The Morgan fingerprint density at radius 2 is 1.94 bits per heavy atom. The second-order valence-corrected chi connectivity index (χ2v) is 8.32. The van der Waals surface area contributed by atoms with Crippen LogP contribution in [0.3, 0.4) is 0 Å². The zero-order chi connectivity index (χ0) is 24.2. The van der Waals surface area contributed by atoms with Gasteiger partial charge in [-0.3, -0.25) is 9.78 Å².